The van der Waals surface area contributed by atoms with Crippen LogP contribution in [0, 0.1) is 5.92 Å². The van der Waals surface area contributed by atoms with E-state index < -0.39 is 14.6 Å². The van der Waals surface area contributed by atoms with Crippen molar-refractivity contribution in [3.8, 4) is 0 Å². The predicted molar refractivity (Wildman–Crippen MR) is 120 cm³/mol. The average molecular weight is 514 g/mol. The van der Waals surface area contributed by atoms with E-state index in [1.54, 1.807) is 20.9 Å². The van der Waals surface area contributed by atoms with Crippen molar-refractivity contribution in [3.05, 3.63) is 0 Å². The van der Waals surface area contributed by atoms with Crippen molar-refractivity contribution in [2.45, 2.75) is 57.1 Å². The Balaban J connectivity index is 0.00000364. The number of nitrogens with zero attached hydrogens (tertiary/aromatic N) is 2. The van der Waals surface area contributed by atoms with Gasteiger partial charge in [0.1, 0.15) is 0 Å². The molecule has 1 heterocycles. The van der Waals surface area contributed by atoms with Gasteiger partial charge in [0.05, 0.1) is 10.5 Å². The van der Waals surface area contributed by atoms with Crippen LogP contribution in [0.1, 0.15) is 52.4 Å². The quantitative estimate of drug-likeness (QED) is 0.253. The molecule has 2 N–H and O–H groups in total. The van der Waals surface area contributed by atoms with Gasteiger partial charge in [0, 0.05) is 39.6 Å². The number of sulfone groups is 1. The van der Waals surface area contributed by atoms with Gasteiger partial charge in [-0.1, -0.05) is 19.3 Å². The first-order chi connectivity index (χ1) is 12.2. The maximum atomic E-state index is 12.1. The van der Waals surface area contributed by atoms with E-state index >= 15 is 0 Å². The lowest BCUT2D eigenvalue weighted by molar-refractivity contribution is -0.122. The molecular weight excluding hydrogens is 479 g/mol. The summed E-state index contributed by atoms with van der Waals surface area (Å²) in [7, 11) is -1.37. The summed E-state index contributed by atoms with van der Waals surface area (Å²) < 4.78 is 23.5. The molecule has 1 saturated carbocycles. The molecule has 0 aromatic heterocycles. The summed E-state index contributed by atoms with van der Waals surface area (Å²) >= 11 is 0. The Bertz CT molecular complexity index is 616. The van der Waals surface area contributed by atoms with E-state index in [4.69, 9.17) is 0 Å². The Morgan fingerprint density at radius 3 is 2.37 bits per heavy atom. The van der Waals surface area contributed by atoms with Crippen LogP contribution >= 0.6 is 24.0 Å². The second kappa shape index (κ2) is 10.8. The fourth-order valence-electron chi connectivity index (χ4n) is 3.76. The molecule has 0 radical (unpaired) electrons. The molecule has 2 fully saturated rings. The van der Waals surface area contributed by atoms with E-state index in [0.29, 0.717) is 44.5 Å². The summed E-state index contributed by atoms with van der Waals surface area (Å²) in [5.74, 6) is 1.49. The molecule has 1 amide bonds. The summed E-state index contributed by atoms with van der Waals surface area (Å²) in [6.45, 7) is 5.50. The molecule has 1 aliphatic carbocycles. The molecular formula is C18H35IN4O3S. The zero-order valence-electron chi connectivity index (χ0n) is 16.8. The van der Waals surface area contributed by atoms with Crippen LogP contribution in [0.25, 0.3) is 0 Å². The van der Waals surface area contributed by atoms with Crippen molar-refractivity contribution in [2.24, 2.45) is 10.9 Å². The van der Waals surface area contributed by atoms with E-state index in [2.05, 4.69) is 15.6 Å². The maximum absolute atomic E-state index is 12.1. The highest BCUT2D eigenvalue weighted by Gasteiger charge is 2.40. The Labute approximate surface area is 181 Å². The molecule has 158 valence electrons. The highest BCUT2D eigenvalue weighted by Crippen LogP contribution is 2.26. The number of amides is 1. The molecule has 27 heavy (non-hydrogen) atoms. The van der Waals surface area contributed by atoms with Crippen LogP contribution in [0.5, 0.6) is 0 Å². The van der Waals surface area contributed by atoms with Crippen LogP contribution in [-0.2, 0) is 14.6 Å². The Morgan fingerprint density at radius 1 is 1.15 bits per heavy atom. The number of guanidine groups is 1. The van der Waals surface area contributed by atoms with Gasteiger partial charge in [0.15, 0.2) is 15.8 Å². The SMILES string of the molecule is CN=C(NCCNC(=O)CC1CCCCC1)N1CCS(=O)(=O)C(C)(C)C1.I. The number of hydrogen-bond donors (Lipinski definition) is 2. The van der Waals surface area contributed by atoms with Crippen LogP contribution in [0.2, 0.25) is 0 Å². The van der Waals surface area contributed by atoms with Gasteiger partial charge in [0.25, 0.3) is 0 Å². The van der Waals surface area contributed by atoms with Crippen LogP contribution in [0.3, 0.4) is 0 Å². The zero-order valence-corrected chi connectivity index (χ0v) is 19.9. The van der Waals surface area contributed by atoms with E-state index in [-0.39, 0.29) is 35.6 Å². The molecule has 0 spiro atoms. The first-order valence-corrected chi connectivity index (χ1v) is 11.3. The molecule has 0 atom stereocenters. The Hall–Kier alpha value is -0.580. The smallest absolute Gasteiger partial charge is 0.220 e. The summed E-state index contributed by atoms with van der Waals surface area (Å²) in [5.41, 5.74) is 0. The maximum Gasteiger partial charge on any atom is 0.220 e. The number of carbonyl (C=O) groups excluding carboxylic acids is 1. The largest absolute Gasteiger partial charge is 0.354 e. The lowest BCUT2D eigenvalue weighted by Crippen LogP contribution is -2.57. The minimum absolute atomic E-state index is 0. The second-order valence-corrected chi connectivity index (χ2v) is 10.8. The van der Waals surface area contributed by atoms with Crippen molar-refractivity contribution >= 4 is 45.7 Å². The van der Waals surface area contributed by atoms with Crippen molar-refractivity contribution in [1.29, 1.82) is 0 Å². The fourth-order valence-corrected chi connectivity index (χ4v) is 5.12. The van der Waals surface area contributed by atoms with Gasteiger partial charge in [-0.25, -0.2) is 8.42 Å². The first-order valence-electron chi connectivity index (χ1n) is 9.70. The fraction of sp³-hybridized carbons (Fsp3) is 0.889. The standard InChI is InChI=1S/C18H34N4O3S.HI/c1-18(2)14-22(11-12-26(18,24)25)17(19-3)21-10-9-20-16(23)13-15-7-5-4-6-8-15;/h15H,4-14H2,1-3H3,(H,19,21)(H,20,23);1H. The molecule has 7 nitrogen and oxygen atoms in total. The molecule has 0 unspecified atom stereocenters. The number of nitrogens with one attached hydrogen (secondary N) is 2. The monoisotopic (exact) mass is 514 g/mol. The number of halogens is 1. The number of aliphatic imine (C=N–C) groups is 1. The van der Waals surface area contributed by atoms with Crippen LogP contribution in [0.4, 0.5) is 0 Å². The van der Waals surface area contributed by atoms with Gasteiger partial charge in [0.2, 0.25) is 5.91 Å². The predicted octanol–water partition coefficient (Wildman–Crippen LogP) is 1.78. The van der Waals surface area contributed by atoms with Crippen LogP contribution in [-0.4, -0.2) is 68.9 Å². The van der Waals surface area contributed by atoms with Crippen LogP contribution in [0.15, 0.2) is 4.99 Å². The molecule has 0 bridgehead atoms. The van der Waals surface area contributed by atoms with Crippen molar-refractivity contribution < 1.29 is 13.2 Å². The highest BCUT2D eigenvalue weighted by atomic mass is 127. The average Bonchev–Trinajstić information content (AvgIpc) is 2.58. The molecule has 0 aromatic rings. The summed E-state index contributed by atoms with van der Waals surface area (Å²) in [4.78, 5) is 18.3. The van der Waals surface area contributed by atoms with Crippen LogP contribution < -0.4 is 10.6 Å². The minimum atomic E-state index is -3.07. The van der Waals surface area contributed by atoms with Crippen molar-refractivity contribution in [2.75, 3.05) is 39.0 Å². The summed E-state index contributed by atoms with van der Waals surface area (Å²) in [5, 5.41) is 6.20. The normalized spacial score (nSPS) is 22.6. The van der Waals surface area contributed by atoms with Gasteiger partial charge in [-0.3, -0.25) is 9.79 Å². The summed E-state index contributed by atoms with van der Waals surface area (Å²) in [6.07, 6.45) is 6.77. The zero-order chi connectivity index (χ0) is 19.2. The van der Waals surface area contributed by atoms with Gasteiger partial charge >= 0.3 is 0 Å². The third kappa shape index (κ3) is 7.07. The van der Waals surface area contributed by atoms with E-state index in [0.717, 1.165) is 0 Å². The number of rotatable bonds is 5. The lowest BCUT2D eigenvalue weighted by atomic mass is 9.87. The minimum Gasteiger partial charge on any atom is -0.354 e. The molecule has 0 aromatic carbocycles. The first kappa shape index (κ1) is 24.5. The Morgan fingerprint density at radius 2 is 1.78 bits per heavy atom. The lowest BCUT2D eigenvalue weighted by Gasteiger charge is -2.39. The number of carbonyl (C=O) groups is 1. The second-order valence-electron chi connectivity index (χ2n) is 8.03. The molecule has 2 aliphatic rings. The number of hydrogen-bond acceptors (Lipinski definition) is 4. The molecule has 1 saturated heterocycles. The van der Waals surface area contributed by atoms with Gasteiger partial charge in [-0.15, -0.1) is 24.0 Å². The Kier molecular flexibility index (Phi) is 9.81. The van der Waals surface area contributed by atoms with Gasteiger partial charge < -0.3 is 15.5 Å². The third-order valence-corrected chi connectivity index (χ3v) is 8.02. The summed E-state index contributed by atoms with van der Waals surface area (Å²) in [6, 6.07) is 0. The van der Waals surface area contributed by atoms with Crippen molar-refractivity contribution in [3.63, 3.8) is 0 Å². The highest BCUT2D eigenvalue weighted by molar-refractivity contribution is 14.0. The van der Waals surface area contributed by atoms with E-state index in [1.165, 1.54) is 32.1 Å². The van der Waals surface area contributed by atoms with E-state index in [1.807, 2.05) is 4.90 Å². The third-order valence-electron chi connectivity index (χ3n) is 5.48. The van der Waals surface area contributed by atoms with Crippen molar-refractivity contribution in [1.82, 2.24) is 15.5 Å². The molecule has 9 heteroatoms. The topological polar surface area (TPSA) is 90.9 Å². The molecule has 1 aliphatic heterocycles. The van der Waals surface area contributed by atoms with E-state index in [9.17, 15) is 13.2 Å². The van der Waals surface area contributed by atoms with Gasteiger partial charge in [-0.2, -0.15) is 0 Å². The molecule has 2 rings (SSSR count). The van der Waals surface area contributed by atoms with Gasteiger partial charge in [-0.05, 0) is 32.6 Å².